The van der Waals surface area contributed by atoms with Crippen molar-refractivity contribution in [2.45, 2.75) is 53.1 Å². The lowest BCUT2D eigenvalue weighted by Gasteiger charge is -2.41. The van der Waals surface area contributed by atoms with Gasteiger partial charge in [-0.3, -0.25) is 0 Å². The third-order valence-electron chi connectivity index (χ3n) is 4.08. The summed E-state index contributed by atoms with van der Waals surface area (Å²) in [7, 11) is 0. The zero-order valence-electron chi connectivity index (χ0n) is 12.1. The molecule has 2 rings (SSSR count). The number of piperidine rings is 1. The molecule has 4 unspecified atom stereocenters. The molecule has 2 heterocycles. The topological polar surface area (TPSA) is 42.2 Å². The summed E-state index contributed by atoms with van der Waals surface area (Å²) in [6.07, 6.45) is 1.32. The predicted octanol–water partition coefficient (Wildman–Crippen LogP) is 3.34. The van der Waals surface area contributed by atoms with Crippen LogP contribution in [0.3, 0.4) is 0 Å². The van der Waals surface area contributed by atoms with Gasteiger partial charge in [0.2, 0.25) is 0 Å². The smallest absolute Gasteiger partial charge is 0.186 e. The Morgan fingerprint density at radius 3 is 2.61 bits per heavy atom. The van der Waals surface area contributed by atoms with E-state index >= 15 is 0 Å². The van der Waals surface area contributed by atoms with Gasteiger partial charge in [0.25, 0.3) is 0 Å². The molecule has 1 aliphatic heterocycles. The first-order chi connectivity index (χ1) is 8.40. The number of hydrogen-bond acceptors (Lipinski definition) is 4. The summed E-state index contributed by atoms with van der Waals surface area (Å²) in [5, 5.41) is 1.16. The molecule has 1 aliphatic rings. The molecular weight excluding hydrogens is 242 g/mol. The molecule has 1 aromatic rings. The molecule has 0 aliphatic carbocycles. The van der Waals surface area contributed by atoms with Gasteiger partial charge in [0.05, 0.1) is 5.69 Å². The van der Waals surface area contributed by atoms with Crippen LogP contribution in [0.4, 0.5) is 5.13 Å². The molecule has 3 nitrogen and oxygen atoms in total. The lowest BCUT2D eigenvalue weighted by molar-refractivity contribution is 0.297. The van der Waals surface area contributed by atoms with E-state index in [-0.39, 0.29) is 6.04 Å². The average Bonchev–Trinajstić information content (AvgIpc) is 2.65. The molecule has 4 heteroatoms. The number of anilines is 1. The molecule has 102 valence electrons. The Bertz CT molecular complexity index is 413. The Morgan fingerprint density at radius 2 is 2.06 bits per heavy atom. The van der Waals surface area contributed by atoms with Crippen molar-refractivity contribution < 1.29 is 0 Å². The molecule has 0 amide bonds. The van der Waals surface area contributed by atoms with Crippen molar-refractivity contribution in [3.63, 3.8) is 0 Å². The van der Waals surface area contributed by atoms with E-state index in [0.717, 1.165) is 29.2 Å². The van der Waals surface area contributed by atoms with Gasteiger partial charge >= 0.3 is 0 Å². The van der Waals surface area contributed by atoms with Crippen molar-refractivity contribution in [1.29, 1.82) is 0 Å². The lowest BCUT2D eigenvalue weighted by atomic mass is 9.86. The normalized spacial score (nSPS) is 30.6. The van der Waals surface area contributed by atoms with Crippen molar-refractivity contribution in [3.8, 4) is 0 Å². The number of rotatable bonds is 2. The molecule has 2 N–H and O–H groups in total. The van der Waals surface area contributed by atoms with Gasteiger partial charge in [0.1, 0.15) is 0 Å². The molecule has 0 aromatic carbocycles. The Hall–Kier alpha value is -0.610. The minimum Gasteiger partial charge on any atom is -0.345 e. The molecule has 0 radical (unpaired) electrons. The summed E-state index contributed by atoms with van der Waals surface area (Å²) in [5.41, 5.74) is 7.10. The molecule has 4 atom stereocenters. The monoisotopic (exact) mass is 267 g/mol. The maximum Gasteiger partial charge on any atom is 0.186 e. The fraction of sp³-hybridized carbons (Fsp3) is 0.786. The second-order valence-corrected chi connectivity index (χ2v) is 6.95. The number of thiazole rings is 1. The first-order valence-corrected chi connectivity index (χ1v) is 7.71. The van der Waals surface area contributed by atoms with E-state index in [1.807, 2.05) is 6.92 Å². The largest absolute Gasteiger partial charge is 0.345 e. The number of nitrogens with two attached hydrogens (primary N) is 1. The van der Waals surface area contributed by atoms with Crippen LogP contribution >= 0.6 is 11.3 Å². The predicted molar refractivity (Wildman–Crippen MR) is 79.2 cm³/mol. The molecule has 0 bridgehead atoms. The Kier molecular flexibility index (Phi) is 3.97. The zero-order valence-corrected chi connectivity index (χ0v) is 12.9. The SMILES string of the molecule is Cc1nc(N2CC(C)CC(C)C2C)sc1C(C)N. The number of hydrogen-bond donors (Lipinski definition) is 1. The fourth-order valence-corrected chi connectivity index (χ4v) is 4.02. The third kappa shape index (κ3) is 2.54. The minimum atomic E-state index is 0.0891. The Balaban J connectivity index is 2.27. The highest BCUT2D eigenvalue weighted by Crippen LogP contribution is 2.36. The molecule has 1 aromatic heterocycles. The first kappa shape index (κ1) is 13.8. The molecule has 18 heavy (non-hydrogen) atoms. The van der Waals surface area contributed by atoms with Gasteiger partial charge in [-0.1, -0.05) is 13.8 Å². The molecule has 1 saturated heterocycles. The van der Waals surface area contributed by atoms with Crippen LogP contribution in [0.15, 0.2) is 0 Å². The van der Waals surface area contributed by atoms with Gasteiger partial charge in [0, 0.05) is 23.5 Å². The van der Waals surface area contributed by atoms with Crippen LogP contribution in [0.5, 0.6) is 0 Å². The van der Waals surface area contributed by atoms with Gasteiger partial charge in [-0.2, -0.15) is 0 Å². The molecule has 1 fully saturated rings. The van der Waals surface area contributed by atoms with Crippen molar-refractivity contribution in [1.82, 2.24) is 4.98 Å². The van der Waals surface area contributed by atoms with E-state index < -0.39 is 0 Å². The van der Waals surface area contributed by atoms with E-state index in [0.29, 0.717) is 6.04 Å². The van der Waals surface area contributed by atoms with Crippen molar-refractivity contribution in [2.75, 3.05) is 11.4 Å². The highest BCUT2D eigenvalue weighted by atomic mass is 32.1. The van der Waals surface area contributed by atoms with Crippen molar-refractivity contribution >= 4 is 16.5 Å². The number of nitrogens with zero attached hydrogens (tertiary/aromatic N) is 2. The summed E-state index contributed by atoms with van der Waals surface area (Å²) >= 11 is 1.77. The van der Waals surface area contributed by atoms with Gasteiger partial charge in [-0.25, -0.2) is 4.98 Å². The van der Waals surface area contributed by atoms with Gasteiger partial charge in [-0.15, -0.1) is 11.3 Å². The maximum atomic E-state index is 6.00. The number of aromatic nitrogens is 1. The lowest BCUT2D eigenvalue weighted by Crippen LogP contribution is -2.45. The maximum absolute atomic E-state index is 6.00. The van der Waals surface area contributed by atoms with E-state index in [2.05, 4.69) is 32.6 Å². The molecular formula is C14H25N3S. The van der Waals surface area contributed by atoms with Gasteiger partial charge in [0.15, 0.2) is 5.13 Å². The van der Waals surface area contributed by atoms with Crippen LogP contribution in [-0.2, 0) is 0 Å². The van der Waals surface area contributed by atoms with E-state index in [1.54, 1.807) is 11.3 Å². The van der Waals surface area contributed by atoms with Gasteiger partial charge < -0.3 is 10.6 Å². The van der Waals surface area contributed by atoms with Crippen LogP contribution in [-0.4, -0.2) is 17.6 Å². The van der Waals surface area contributed by atoms with E-state index in [4.69, 9.17) is 10.7 Å². The van der Waals surface area contributed by atoms with Gasteiger partial charge in [-0.05, 0) is 39.0 Å². The van der Waals surface area contributed by atoms with Crippen LogP contribution in [0.1, 0.15) is 50.7 Å². The number of aryl methyl sites for hydroxylation is 1. The van der Waals surface area contributed by atoms with Crippen LogP contribution in [0.25, 0.3) is 0 Å². The van der Waals surface area contributed by atoms with Crippen LogP contribution in [0, 0.1) is 18.8 Å². The summed E-state index contributed by atoms with van der Waals surface area (Å²) in [5.74, 6) is 1.48. The summed E-state index contributed by atoms with van der Waals surface area (Å²) in [4.78, 5) is 8.44. The first-order valence-electron chi connectivity index (χ1n) is 6.89. The average molecular weight is 267 g/mol. The standard InChI is InChI=1S/C14H25N3S/c1-8-6-9(2)12(5)17(7-8)14-16-11(4)13(18-14)10(3)15/h8-10,12H,6-7,15H2,1-5H3. The van der Waals surface area contributed by atoms with E-state index in [9.17, 15) is 0 Å². The third-order valence-corrected chi connectivity index (χ3v) is 5.47. The Labute approximate surface area is 114 Å². The minimum absolute atomic E-state index is 0.0891. The zero-order chi connectivity index (χ0) is 13.4. The van der Waals surface area contributed by atoms with Crippen molar-refractivity contribution in [2.24, 2.45) is 17.6 Å². The second-order valence-electron chi connectivity index (χ2n) is 5.95. The summed E-state index contributed by atoms with van der Waals surface area (Å²) in [6, 6.07) is 0.666. The van der Waals surface area contributed by atoms with Crippen LogP contribution < -0.4 is 10.6 Å². The Morgan fingerprint density at radius 1 is 1.39 bits per heavy atom. The van der Waals surface area contributed by atoms with E-state index in [1.165, 1.54) is 11.3 Å². The highest BCUT2D eigenvalue weighted by molar-refractivity contribution is 7.15. The van der Waals surface area contributed by atoms with Crippen molar-refractivity contribution in [3.05, 3.63) is 10.6 Å². The molecule has 0 saturated carbocycles. The molecule has 0 spiro atoms. The quantitative estimate of drug-likeness (QED) is 0.893. The second kappa shape index (κ2) is 5.17. The summed E-state index contributed by atoms with van der Waals surface area (Å²) < 4.78 is 0. The highest BCUT2D eigenvalue weighted by Gasteiger charge is 2.31. The fourth-order valence-electron chi connectivity index (χ4n) is 2.91. The van der Waals surface area contributed by atoms with Crippen LogP contribution in [0.2, 0.25) is 0 Å². The summed E-state index contributed by atoms with van der Waals surface area (Å²) in [6.45, 7) is 12.2.